The predicted molar refractivity (Wildman–Crippen MR) is 84.6 cm³/mol. The van der Waals surface area contributed by atoms with E-state index in [2.05, 4.69) is 21.2 Å². The van der Waals surface area contributed by atoms with E-state index >= 15 is 0 Å². The Morgan fingerprint density at radius 3 is 2.15 bits per heavy atom. The van der Waals surface area contributed by atoms with Gasteiger partial charge in [0.25, 0.3) is 0 Å². The third-order valence-corrected chi connectivity index (χ3v) is 3.88. The first-order valence-electron chi connectivity index (χ1n) is 5.68. The first-order chi connectivity index (χ1) is 9.49. The molecule has 2 aromatic rings. The Hall–Kier alpha value is -1.23. The maximum atomic E-state index is 11.5. The normalized spacial score (nSPS) is 11.9. The maximum absolute atomic E-state index is 11.5. The molecule has 0 spiro atoms. The smallest absolute Gasteiger partial charge is 0.330 e. The van der Waals surface area contributed by atoms with E-state index in [9.17, 15) is 9.90 Å². The van der Waals surface area contributed by atoms with Gasteiger partial charge in [-0.1, -0.05) is 45.2 Å². The van der Waals surface area contributed by atoms with Gasteiger partial charge in [-0.3, -0.25) is 0 Å². The fourth-order valence-electron chi connectivity index (χ4n) is 1.76. The molecule has 6 heteroatoms. The Morgan fingerprint density at radius 2 is 1.65 bits per heavy atom. The monoisotopic (exact) mass is 373 g/mol. The van der Waals surface area contributed by atoms with Gasteiger partial charge in [-0.15, -0.1) is 0 Å². The van der Waals surface area contributed by atoms with E-state index in [4.69, 9.17) is 23.2 Å². The summed E-state index contributed by atoms with van der Waals surface area (Å²) in [5, 5.41) is 12.9. The molecular formula is C14H10BrCl2NO2. The highest BCUT2D eigenvalue weighted by molar-refractivity contribution is 9.10. The van der Waals surface area contributed by atoms with E-state index in [0.717, 1.165) is 4.47 Å². The molecule has 0 bridgehead atoms. The van der Waals surface area contributed by atoms with Gasteiger partial charge in [-0.25, -0.2) is 4.79 Å². The second-order valence-corrected chi connectivity index (χ2v) is 5.79. The van der Waals surface area contributed by atoms with Gasteiger partial charge in [0, 0.05) is 25.8 Å². The summed E-state index contributed by atoms with van der Waals surface area (Å²) in [4.78, 5) is 11.5. The summed E-state index contributed by atoms with van der Waals surface area (Å²) in [6.07, 6.45) is 0. The van der Waals surface area contributed by atoms with Crippen molar-refractivity contribution in [3.8, 4) is 0 Å². The highest BCUT2D eigenvalue weighted by Gasteiger charge is 2.24. The Labute approximate surface area is 134 Å². The van der Waals surface area contributed by atoms with E-state index in [0.29, 0.717) is 21.3 Å². The van der Waals surface area contributed by atoms with Crippen molar-refractivity contribution in [3.63, 3.8) is 0 Å². The molecule has 0 aromatic heterocycles. The van der Waals surface area contributed by atoms with Gasteiger partial charge >= 0.3 is 5.97 Å². The molecule has 0 aliphatic heterocycles. The lowest BCUT2D eigenvalue weighted by Crippen LogP contribution is -2.21. The second-order valence-electron chi connectivity index (χ2n) is 4.06. The van der Waals surface area contributed by atoms with Crippen molar-refractivity contribution in [1.29, 1.82) is 0 Å². The number of benzene rings is 2. The number of halogens is 3. The zero-order valence-electron chi connectivity index (χ0n) is 10.1. The summed E-state index contributed by atoms with van der Waals surface area (Å²) in [6.45, 7) is 0. The van der Waals surface area contributed by atoms with E-state index < -0.39 is 12.0 Å². The lowest BCUT2D eigenvalue weighted by Gasteiger charge is -2.18. The minimum Gasteiger partial charge on any atom is -0.479 e. The van der Waals surface area contributed by atoms with Crippen molar-refractivity contribution >= 4 is 50.8 Å². The van der Waals surface area contributed by atoms with Crippen LogP contribution >= 0.6 is 39.1 Å². The fourth-order valence-corrected chi connectivity index (χ4v) is 2.64. The van der Waals surface area contributed by atoms with E-state index in [-0.39, 0.29) is 0 Å². The van der Waals surface area contributed by atoms with Crippen LogP contribution in [0.5, 0.6) is 0 Å². The highest BCUT2D eigenvalue weighted by Crippen LogP contribution is 2.32. The van der Waals surface area contributed by atoms with Crippen LogP contribution in [0.4, 0.5) is 5.69 Å². The van der Waals surface area contributed by atoms with Crippen molar-refractivity contribution in [2.75, 3.05) is 5.32 Å². The summed E-state index contributed by atoms with van der Waals surface area (Å²) in [5.74, 6) is -1.05. The van der Waals surface area contributed by atoms with Crippen molar-refractivity contribution in [1.82, 2.24) is 0 Å². The SMILES string of the molecule is O=C(O)C(Nc1ccc(Br)cc1)c1c(Cl)cccc1Cl. The summed E-state index contributed by atoms with van der Waals surface area (Å²) in [5.41, 5.74) is 1.02. The molecular weight excluding hydrogens is 365 g/mol. The molecule has 104 valence electrons. The molecule has 0 amide bonds. The molecule has 1 unspecified atom stereocenters. The average molecular weight is 375 g/mol. The standard InChI is InChI=1S/C14H10BrCl2NO2/c15-8-4-6-9(7-5-8)18-13(14(19)20)12-10(16)2-1-3-11(12)17/h1-7,13,18H,(H,19,20). The molecule has 2 aromatic carbocycles. The third kappa shape index (κ3) is 3.45. The van der Waals surface area contributed by atoms with Crippen LogP contribution in [0.2, 0.25) is 10.0 Å². The van der Waals surface area contributed by atoms with Crippen molar-refractivity contribution < 1.29 is 9.90 Å². The first-order valence-corrected chi connectivity index (χ1v) is 7.23. The van der Waals surface area contributed by atoms with E-state index in [1.165, 1.54) is 0 Å². The van der Waals surface area contributed by atoms with Gasteiger partial charge in [0.15, 0.2) is 6.04 Å². The minimum atomic E-state index is -1.05. The van der Waals surface area contributed by atoms with Crippen LogP contribution in [0.25, 0.3) is 0 Å². The molecule has 0 saturated heterocycles. The highest BCUT2D eigenvalue weighted by atomic mass is 79.9. The number of hydrogen-bond donors (Lipinski definition) is 2. The fraction of sp³-hybridized carbons (Fsp3) is 0.0714. The van der Waals surface area contributed by atoms with Gasteiger partial charge in [-0.05, 0) is 36.4 Å². The molecule has 0 aliphatic carbocycles. The number of anilines is 1. The Bertz CT molecular complexity index is 611. The van der Waals surface area contributed by atoms with Crippen LogP contribution in [-0.4, -0.2) is 11.1 Å². The molecule has 0 aliphatic rings. The number of hydrogen-bond acceptors (Lipinski definition) is 2. The van der Waals surface area contributed by atoms with Crippen LogP contribution in [-0.2, 0) is 4.79 Å². The molecule has 2 rings (SSSR count). The summed E-state index contributed by atoms with van der Waals surface area (Å²) in [6, 6.07) is 11.1. The number of aliphatic carboxylic acids is 1. The summed E-state index contributed by atoms with van der Waals surface area (Å²) in [7, 11) is 0. The van der Waals surface area contributed by atoms with Crippen LogP contribution in [0.15, 0.2) is 46.9 Å². The van der Waals surface area contributed by atoms with Gasteiger partial charge in [-0.2, -0.15) is 0 Å². The quantitative estimate of drug-likeness (QED) is 0.792. The molecule has 3 nitrogen and oxygen atoms in total. The lowest BCUT2D eigenvalue weighted by atomic mass is 10.1. The molecule has 0 fully saturated rings. The van der Waals surface area contributed by atoms with Gasteiger partial charge < -0.3 is 10.4 Å². The molecule has 20 heavy (non-hydrogen) atoms. The topological polar surface area (TPSA) is 49.3 Å². The molecule has 0 radical (unpaired) electrons. The Morgan fingerprint density at radius 1 is 1.10 bits per heavy atom. The van der Waals surface area contributed by atoms with Crippen LogP contribution in [0.3, 0.4) is 0 Å². The number of carboxylic acid groups (broad SMARTS) is 1. The van der Waals surface area contributed by atoms with Crippen molar-refractivity contribution in [3.05, 3.63) is 62.5 Å². The molecule has 2 N–H and O–H groups in total. The van der Waals surface area contributed by atoms with E-state index in [1.54, 1.807) is 30.3 Å². The van der Waals surface area contributed by atoms with Crippen LogP contribution in [0, 0.1) is 0 Å². The Balaban J connectivity index is 2.37. The van der Waals surface area contributed by atoms with Gasteiger partial charge in [0.05, 0.1) is 0 Å². The average Bonchev–Trinajstić information content (AvgIpc) is 2.39. The lowest BCUT2D eigenvalue weighted by molar-refractivity contribution is -0.138. The predicted octanol–water partition coefficient (Wildman–Crippen LogP) is 4.99. The molecule has 0 heterocycles. The van der Waals surface area contributed by atoms with Crippen LogP contribution < -0.4 is 5.32 Å². The molecule has 0 saturated carbocycles. The van der Waals surface area contributed by atoms with Crippen molar-refractivity contribution in [2.45, 2.75) is 6.04 Å². The van der Waals surface area contributed by atoms with Crippen LogP contribution in [0.1, 0.15) is 11.6 Å². The number of rotatable bonds is 4. The zero-order chi connectivity index (χ0) is 14.7. The minimum absolute atomic E-state index is 0.314. The number of carbonyl (C=O) groups is 1. The van der Waals surface area contributed by atoms with Gasteiger partial charge in [0.2, 0.25) is 0 Å². The summed E-state index contributed by atoms with van der Waals surface area (Å²) >= 11 is 15.5. The largest absolute Gasteiger partial charge is 0.479 e. The maximum Gasteiger partial charge on any atom is 0.330 e. The van der Waals surface area contributed by atoms with E-state index in [1.807, 2.05) is 12.1 Å². The third-order valence-electron chi connectivity index (χ3n) is 2.69. The zero-order valence-corrected chi connectivity index (χ0v) is 13.2. The summed E-state index contributed by atoms with van der Waals surface area (Å²) < 4.78 is 0.908. The molecule has 1 atom stereocenters. The van der Waals surface area contributed by atoms with Gasteiger partial charge in [0.1, 0.15) is 0 Å². The first kappa shape index (κ1) is 15.2. The number of nitrogens with one attached hydrogen (secondary N) is 1. The number of carboxylic acids is 1. The Kier molecular flexibility index (Phi) is 4.91. The second kappa shape index (κ2) is 6.48. The van der Waals surface area contributed by atoms with Crippen molar-refractivity contribution in [2.24, 2.45) is 0 Å².